The van der Waals surface area contributed by atoms with Crippen LogP contribution in [-0.2, 0) is 6.54 Å². The van der Waals surface area contributed by atoms with Crippen LogP contribution in [0.15, 0.2) is 29.8 Å². The molecule has 18 heavy (non-hydrogen) atoms. The zero-order valence-corrected chi connectivity index (χ0v) is 11.6. The van der Waals surface area contributed by atoms with Gasteiger partial charge in [-0.2, -0.15) is 0 Å². The molecule has 96 valence electrons. The largest absolute Gasteiger partial charge is 0.304 e. The fourth-order valence-corrected chi connectivity index (χ4v) is 2.62. The lowest BCUT2D eigenvalue weighted by atomic mass is 10.2. The Hall–Kier alpha value is -0.970. The molecule has 2 aromatic rings. The molecule has 1 unspecified atom stereocenters. The molecule has 0 aliphatic heterocycles. The molecule has 0 aliphatic rings. The van der Waals surface area contributed by atoms with E-state index in [0.29, 0.717) is 6.54 Å². The lowest BCUT2D eigenvalue weighted by molar-refractivity contribution is 0.515. The van der Waals surface area contributed by atoms with E-state index in [-0.39, 0.29) is 16.9 Å². The zero-order valence-electron chi connectivity index (χ0n) is 9.99. The monoisotopic (exact) mass is 284 g/mol. The minimum Gasteiger partial charge on any atom is -0.304 e. The van der Waals surface area contributed by atoms with Gasteiger partial charge >= 0.3 is 0 Å². The lowest BCUT2D eigenvalue weighted by Crippen LogP contribution is -2.20. The van der Waals surface area contributed by atoms with Gasteiger partial charge in [0.05, 0.1) is 11.1 Å². The minimum atomic E-state index is -0.377. The van der Waals surface area contributed by atoms with Gasteiger partial charge in [0.2, 0.25) is 0 Å². The Balaban J connectivity index is 1.99. The molecule has 0 amide bonds. The van der Waals surface area contributed by atoms with Crippen LogP contribution in [0.25, 0.3) is 0 Å². The number of rotatable bonds is 5. The van der Waals surface area contributed by atoms with E-state index in [1.54, 1.807) is 23.6 Å². The maximum Gasteiger partial charge on any atom is 0.142 e. The van der Waals surface area contributed by atoms with Crippen molar-refractivity contribution in [2.24, 2.45) is 0 Å². The summed E-state index contributed by atoms with van der Waals surface area (Å²) >= 11 is 7.28. The maximum absolute atomic E-state index is 13.3. The Morgan fingerprint density at radius 2 is 2.33 bits per heavy atom. The Kier molecular flexibility index (Phi) is 4.69. The third kappa shape index (κ3) is 3.28. The summed E-state index contributed by atoms with van der Waals surface area (Å²) in [7, 11) is 0. The molecule has 1 aromatic carbocycles. The third-order valence-electron chi connectivity index (χ3n) is 2.69. The molecule has 2 nitrogen and oxygen atoms in total. The van der Waals surface area contributed by atoms with E-state index >= 15 is 0 Å². The first-order chi connectivity index (χ1) is 8.70. The van der Waals surface area contributed by atoms with Gasteiger partial charge in [-0.15, -0.1) is 11.3 Å². The van der Waals surface area contributed by atoms with Crippen molar-refractivity contribution in [3.8, 4) is 0 Å². The van der Waals surface area contributed by atoms with Gasteiger partial charge in [-0.1, -0.05) is 24.6 Å². The van der Waals surface area contributed by atoms with Gasteiger partial charge in [0, 0.05) is 18.1 Å². The smallest absolute Gasteiger partial charge is 0.142 e. The van der Waals surface area contributed by atoms with E-state index in [1.807, 2.05) is 11.4 Å². The van der Waals surface area contributed by atoms with Crippen molar-refractivity contribution in [3.05, 3.63) is 51.2 Å². The zero-order chi connectivity index (χ0) is 13.0. The molecule has 0 bridgehead atoms. The molecule has 1 N–H and O–H groups in total. The minimum absolute atomic E-state index is 0.158. The molecule has 0 saturated heterocycles. The van der Waals surface area contributed by atoms with E-state index in [2.05, 4.69) is 17.2 Å². The van der Waals surface area contributed by atoms with Gasteiger partial charge in [-0.05, 0) is 24.1 Å². The molecule has 0 radical (unpaired) electrons. The number of hydrogen-bond acceptors (Lipinski definition) is 3. The van der Waals surface area contributed by atoms with Crippen LogP contribution in [0.2, 0.25) is 5.02 Å². The van der Waals surface area contributed by atoms with Crippen molar-refractivity contribution < 1.29 is 4.39 Å². The highest BCUT2D eigenvalue weighted by molar-refractivity contribution is 7.09. The predicted molar refractivity (Wildman–Crippen MR) is 73.4 cm³/mol. The Morgan fingerprint density at radius 3 is 2.94 bits per heavy atom. The molecule has 1 atom stereocenters. The summed E-state index contributed by atoms with van der Waals surface area (Å²) in [6.45, 7) is 2.70. The molecule has 5 heteroatoms. The molecule has 2 rings (SSSR count). The van der Waals surface area contributed by atoms with Crippen molar-refractivity contribution in [3.63, 3.8) is 0 Å². The normalized spacial score (nSPS) is 12.6. The van der Waals surface area contributed by atoms with Crippen LogP contribution in [0, 0.1) is 5.82 Å². The van der Waals surface area contributed by atoms with Crippen molar-refractivity contribution in [2.45, 2.75) is 25.9 Å². The predicted octanol–water partition coefficient (Wildman–Crippen LogP) is 4.18. The van der Waals surface area contributed by atoms with Crippen LogP contribution in [0.1, 0.15) is 30.0 Å². The number of hydrogen-bond donors (Lipinski definition) is 1. The van der Waals surface area contributed by atoms with E-state index in [4.69, 9.17) is 11.6 Å². The highest BCUT2D eigenvalue weighted by atomic mass is 35.5. The molecule has 1 aromatic heterocycles. The molecular weight excluding hydrogens is 271 g/mol. The second-order valence-corrected chi connectivity index (χ2v) is 5.29. The number of nitrogens with zero attached hydrogens (tertiary/aromatic N) is 1. The quantitative estimate of drug-likeness (QED) is 0.891. The van der Waals surface area contributed by atoms with Crippen molar-refractivity contribution in [1.29, 1.82) is 0 Å². The molecule has 1 heterocycles. The average molecular weight is 285 g/mol. The summed E-state index contributed by atoms with van der Waals surface area (Å²) in [5, 5.41) is 6.55. The standard InChI is InChI=1S/C13H14ClFN2S/c1-2-12(13-16-5-6-18-13)17-8-9-3-4-10(14)11(15)7-9/h3-7,12,17H,2,8H2,1H3. The maximum atomic E-state index is 13.3. The van der Waals surface area contributed by atoms with E-state index in [0.717, 1.165) is 17.0 Å². The van der Waals surface area contributed by atoms with Crippen molar-refractivity contribution in [2.75, 3.05) is 0 Å². The summed E-state index contributed by atoms with van der Waals surface area (Å²) in [6, 6.07) is 5.08. The highest BCUT2D eigenvalue weighted by Gasteiger charge is 2.11. The average Bonchev–Trinajstić information content (AvgIpc) is 2.88. The fraction of sp³-hybridized carbons (Fsp3) is 0.308. The first kappa shape index (κ1) is 13.5. The Morgan fingerprint density at radius 1 is 1.50 bits per heavy atom. The van der Waals surface area contributed by atoms with E-state index in [1.165, 1.54) is 6.07 Å². The van der Waals surface area contributed by atoms with Crippen LogP contribution >= 0.6 is 22.9 Å². The van der Waals surface area contributed by atoms with Crippen LogP contribution in [-0.4, -0.2) is 4.98 Å². The second kappa shape index (κ2) is 6.27. The SMILES string of the molecule is CCC(NCc1ccc(Cl)c(F)c1)c1nccs1. The first-order valence-electron chi connectivity index (χ1n) is 5.77. The van der Waals surface area contributed by atoms with Crippen LogP contribution < -0.4 is 5.32 Å². The molecule has 0 aliphatic carbocycles. The fourth-order valence-electron chi connectivity index (χ4n) is 1.70. The molecule has 0 spiro atoms. The Labute approximate surface area is 115 Å². The second-order valence-electron chi connectivity index (χ2n) is 3.96. The van der Waals surface area contributed by atoms with Crippen LogP contribution in [0.4, 0.5) is 4.39 Å². The number of benzene rings is 1. The van der Waals surface area contributed by atoms with Crippen LogP contribution in [0.3, 0.4) is 0 Å². The van der Waals surface area contributed by atoms with Crippen LogP contribution in [0.5, 0.6) is 0 Å². The number of thiazole rings is 1. The summed E-state index contributed by atoms with van der Waals surface area (Å²) in [6.07, 6.45) is 2.75. The van der Waals surface area contributed by atoms with Gasteiger partial charge in [-0.3, -0.25) is 0 Å². The summed E-state index contributed by atoms with van der Waals surface area (Å²) in [5.41, 5.74) is 0.881. The van der Waals surface area contributed by atoms with Gasteiger partial charge in [-0.25, -0.2) is 9.37 Å². The highest BCUT2D eigenvalue weighted by Crippen LogP contribution is 2.20. The molecule has 0 saturated carbocycles. The van der Waals surface area contributed by atoms with Gasteiger partial charge in [0.25, 0.3) is 0 Å². The summed E-state index contributed by atoms with van der Waals surface area (Å²) < 4.78 is 13.3. The van der Waals surface area contributed by atoms with Gasteiger partial charge < -0.3 is 5.32 Å². The Bertz CT molecular complexity index is 502. The van der Waals surface area contributed by atoms with E-state index in [9.17, 15) is 4.39 Å². The number of halogens is 2. The van der Waals surface area contributed by atoms with Gasteiger partial charge in [0.15, 0.2) is 0 Å². The van der Waals surface area contributed by atoms with Crippen molar-refractivity contribution in [1.82, 2.24) is 10.3 Å². The first-order valence-corrected chi connectivity index (χ1v) is 7.03. The third-order valence-corrected chi connectivity index (χ3v) is 3.89. The number of nitrogens with one attached hydrogen (secondary N) is 1. The lowest BCUT2D eigenvalue weighted by Gasteiger charge is -2.14. The summed E-state index contributed by atoms with van der Waals surface area (Å²) in [4.78, 5) is 4.29. The molecule has 0 fully saturated rings. The van der Waals surface area contributed by atoms with Gasteiger partial charge in [0.1, 0.15) is 10.8 Å². The van der Waals surface area contributed by atoms with E-state index < -0.39 is 0 Å². The van der Waals surface area contributed by atoms with Crippen molar-refractivity contribution >= 4 is 22.9 Å². The number of aromatic nitrogens is 1. The summed E-state index contributed by atoms with van der Waals surface area (Å²) in [5.74, 6) is -0.377. The molecular formula is C13H14ClFN2S. The topological polar surface area (TPSA) is 24.9 Å².